The molecule has 0 saturated heterocycles. The van der Waals surface area contributed by atoms with Gasteiger partial charge in [0.05, 0.1) is 4.92 Å². The van der Waals surface area contributed by atoms with E-state index in [0.717, 1.165) is 16.3 Å². The van der Waals surface area contributed by atoms with E-state index in [1.54, 1.807) is 0 Å². The number of carbonyl (C=O) groups is 2. The van der Waals surface area contributed by atoms with Crippen molar-refractivity contribution in [2.45, 2.75) is 31.6 Å². The number of anilines is 1. The van der Waals surface area contributed by atoms with E-state index in [0.29, 0.717) is 30.5 Å². The zero-order valence-corrected chi connectivity index (χ0v) is 17.8. The summed E-state index contributed by atoms with van der Waals surface area (Å²) in [4.78, 5) is 39.0. The van der Waals surface area contributed by atoms with Crippen LogP contribution in [0.15, 0.2) is 71.9 Å². The number of Topliss-reactive ketones (excluding diaryl/α,β-unsaturated/α-hetero) is 1. The van der Waals surface area contributed by atoms with Crippen molar-refractivity contribution in [3.05, 3.63) is 92.6 Å². The van der Waals surface area contributed by atoms with E-state index in [1.165, 1.54) is 23.1 Å². The minimum absolute atomic E-state index is 0.00137. The van der Waals surface area contributed by atoms with Crippen molar-refractivity contribution < 1.29 is 14.5 Å². The Bertz CT molecular complexity index is 1330. The highest BCUT2D eigenvalue weighted by Gasteiger charge is 2.41. The lowest BCUT2D eigenvalue weighted by atomic mass is 9.76. The monoisotopic (exact) mass is 446 g/mol. The van der Waals surface area contributed by atoms with Gasteiger partial charge in [0.15, 0.2) is 5.78 Å². The summed E-state index contributed by atoms with van der Waals surface area (Å²) in [5.74, 6) is -0.627. The minimum atomic E-state index is -0.547. The van der Waals surface area contributed by atoms with E-state index in [1.807, 2.05) is 42.5 Å². The number of nitro benzene ring substituents is 1. The molecule has 0 spiro atoms. The Balaban J connectivity index is 1.68. The quantitative estimate of drug-likeness (QED) is 0.369. The van der Waals surface area contributed by atoms with Crippen LogP contribution in [0.25, 0.3) is 10.8 Å². The van der Waals surface area contributed by atoms with Crippen LogP contribution in [-0.2, 0) is 9.59 Å². The second kappa shape index (κ2) is 7.88. The van der Waals surface area contributed by atoms with Crippen LogP contribution in [-0.4, -0.2) is 16.6 Å². The lowest BCUT2D eigenvalue weighted by molar-refractivity contribution is -0.384. The molecular weight excluding hydrogens is 428 g/mol. The van der Waals surface area contributed by atoms with E-state index in [4.69, 9.17) is 11.6 Å². The predicted molar refractivity (Wildman–Crippen MR) is 123 cm³/mol. The number of halogens is 1. The molecule has 160 valence electrons. The Morgan fingerprint density at radius 1 is 0.969 bits per heavy atom. The molecule has 0 saturated carbocycles. The number of nitrogens with zero attached hydrogens (tertiary/aromatic N) is 2. The van der Waals surface area contributed by atoms with Crippen LogP contribution in [0.3, 0.4) is 0 Å². The van der Waals surface area contributed by atoms with Gasteiger partial charge in [0.2, 0.25) is 5.91 Å². The molecule has 0 bridgehead atoms. The molecule has 3 aromatic rings. The number of allylic oxidation sites excluding steroid dienone is 2. The number of carbonyl (C=O) groups excluding carboxylic acids is 2. The summed E-state index contributed by atoms with van der Waals surface area (Å²) in [7, 11) is 0. The van der Waals surface area contributed by atoms with E-state index >= 15 is 0 Å². The first-order valence-corrected chi connectivity index (χ1v) is 10.8. The Labute approximate surface area is 189 Å². The summed E-state index contributed by atoms with van der Waals surface area (Å²) in [5.41, 5.74) is 1.98. The highest BCUT2D eigenvalue weighted by molar-refractivity contribution is 6.31. The van der Waals surface area contributed by atoms with Crippen molar-refractivity contribution in [1.29, 1.82) is 0 Å². The molecule has 1 aliphatic carbocycles. The van der Waals surface area contributed by atoms with Gasteiger partial charge in [0.1, 0.15) is 5.69 Å². The van der Waals surface area contributed by atoms with Crippen molar-refractivity contribution in [3.8, 4) is 0 Å². The van der Waals surface area contributed by atoms with Gasteiger partial charge >= 0.3 is 0 Å². The molecule has 32 heavy (non-hydrogen) atoms. The van der Waals surface area contributed by atoms with Gasteiger partial charge in [-0.15, -0.1) is 0 Å². The van der Waals surface area contributed by atoms with Crippen LogP contribution in [0.2, 0.25) is 5.02 Å². The lowest BCUT2D eigenvalue weighted by Gasteiger charge is -2.38. The lowest BCUT2D eigenvalue weighted by Crippen LogP contribution is -2.40. The molecule has 3 aromatic carbocycles. The van der Waals surface area contributed by atoms with Crippen LogP contribution >= 0.6 is 11.6 Å². The number of fused-ring (bicyclic) bond motifs is 1. The molecular formula is C25H19ClN2O4. The van der Waals surface area contributed by atoms with Crippen molar-refractivity contribution in [1.82, 2.24) is 0 Å². The van der Waals surface area contributed by atoms with Crippen molar-refractivity contribution in [2.75, 3.05) is 4.90 Å². The van der Waals surface area contributed by atoms with Gasteiger partial charge in [-0.1, -0.05) is 54.1 Å². The van der Waals surface area contributed by atoms with Gasteiger partial charge in [0.25, 0.3) is 5.69 Å². The number of rotatable bonds is 3. The average Bonchev–Trinajstić information content (AvgIpc) is 2.78. The van der Waals surface area contributed by atoms with Crippen LogP contribution in [0.4, 0.5) is 11.4 Å². The molecule has 2 aliphatic rings. The molecule has 7 heteroatoms. The van der Waals surface area contributed by atoms with Crippen LogP contribution in [0, 0.1) is 10.1 Å². The molecule has 0 radical (unpaired) electrons. The molecule has 1 aliphatic heterocycles. The molecule has 0 N–H and O–H groups in total. The van der Waals surface area contributed by atoms with Gasteiger partial charge in [-0.3, -0.25) is 24.6 Å². The second-order valence-corrected chi connectivity index (χ2v) is 8.56. The van der Waals surface area contributed by atoms with E-state index < -0.39 is 4.92 Å². The Morgan fingerprint density at radius 3 is 2.53 bits per heavy atom. The summed E-state index contributed by atoms with van der Waals surface area (Å²) in [5, 5.41) is 14.0. The van der Waals surface area contributed by atoms with Crippen LogP contribution in [0.5, 0.6) is 0 Å². The highest BCUT2D eigenvalue weighted by atomic mass is 35.5. The summed E-state index contributed by atoms with van der Waals surface area (Å²) >= 11 is 5.97. The van der Waals surface area contributed by atoms with Gasteiger partial charge in [-0.05, 0) is 41.3 Å². The third-order valence-corrected chi connectivity index (χ3v) is 6.46. The van der Waals surface area contributed by atoms with Gasteiger partial charge in [-0.25, -0.2) is 0 Å². The smallest absolute Gasteiger partial charge is 0.294 e. The third-order valence-electron chi connectivity index (χ3n) is 6.23. The molecule has 0 aromatic heterocycles. The standard InChI is InChI=1S/C25H19ClN2O4/c26-18-10-11-20(22(13-18)28(31)32)27-21-6-3-7-23(29)25(21)19(14-24(27)30)17-9-8-15-4-1-2-5-16(15)12-17/h1-2,4-5,8-13,19H,3,6-7,14H2. The largest absolute Gasteiger partial charge is 0.294 e. The highest BCUT2D eigenvalue weighted by Crippen LogP contribution is 2.45. The van der Waals surface area contributed by atoms with E-state index in [2.05, 4.69) is 0 Å². The van der Waals surface area contributed by atoms with Gasteiger partial charge in [0, 0.05) is 41.1 Å². The number of amides is 1. The number of benzene rings is 3. The summed E-state index contributed by atoms with van der Waals surface area (Å²) in [6, 6.07) is 18.2. The first-order chi connectivity index (χ1) is 15.4. The third kappa shape index (κ3) is 3.37. The zero-order valence-electron chi connectivity index (χ0n) is 17.1. The molecule has 1 atom stereocenters. The SMILES string of the molecule is O=C1CCCC2=C1C(c1ccc3ccccc3c1)CC(=O)N2c1ccc(Cl)cc1[N+](=O)[O-]. The first-order valence-electron chi connectivity index (χ1n) is 10.5. The number of hydrogen-bond acceptors (Lipinski definition) is 4. The van der Waals surface area contributed by atoms with Crippen molar-refractivity contribution in [2.24, 2.45) is 0 Å². The predicted octanol–water partition coefficient (Wildman–Crippen LogP) is 5.93. The fourth-order valence-electron chi connectivity index (χ4n) is 4.81. The van der Waals surface area contributed by atoms with Crippen molar-refractivity contribution >= 4 is 45.4 Å². The Morgan fingerprint density at radius 2 is 1.75 bits per heavy atom. The second-order valence-electron chi connectivity index (χ2n) is 8.12. The summed E-state index contributed by atoms with van der Waals surface area (Å²) < 4.78 is 0. The van der Waals surface area contributed by atoms with Crippen molar-refractivity contribution in [3.63, 3.8) is 0 Å². The topological polar surface area (TPSA) is 80.5 Å². The van der Waals surface area contributed by atoms with Crippen LogP contribution in [0.1, 0.15) is 37.2 Å². The molecule has 0 fully saturated rings. The summed E-state index contributed by atoms with van der Waals surface area (Å²) in [6.07, 6.45) is 1.60. The molecule has 1 heterocycles. The maximum Gasteiger partial charge on any atom is 0.294 e. The van der Waals surface area contributed by atoms with Crippen LogP contribution < -0.4 is 4.90 Å². The average molecular weight is 447 g/mol. The fraction of sp³-hybridized carbons (Fsp3) is 0.200. The first kappa shape index (κ1) is 20.4. The number of nitro groups is 1. The zero-order chi connectivity index (χ0) is 22.4. The Hall–Kier alpha value is -3.51. The maximum atomic E-state index is 13.4. The van der Waals surface area contributed by atoms with E-state index in [-0.39, 0.29) is 40.4 Å². The maximum absolute atomic E-state index is 13.4. The van der Waals surface area contributed by atoms with E-state index in [9.17, 15) is 19.7 Å². The molecule has 5 rings (SSSR count). The number of ketones is 1. The Kier molecular flexibility index (Phi) is 5.02. The minimum Gasteiger partial charge on any atom is -0.294 e. The summed E-state index contributed by atoms with van der Waals surface area (Å²) in [6.45, 7) is 0. The van der Waals surface area contributed by atoms with Gasteiger partial charge < -0.3 is 0 Å². The molecule has 6 nitrogen and oxygen atoms in total. The normalized spacial score (nSPS) is 18.8. The van der Waals surface area contributed by atoms with Gasteiger partial charge in [-0.2, -0.15) is 0 Å². The fourth-order valence-corrected chi connectivity index (χ4v) is 4.98. The number of hydrogen-bond donors (Lipinski definition) is 0. The molecule has 1 unspecified atom stereocenters. The molecule has 1 amide bonds.